The first-order valence-corrected chi connectivity index (χ1v) is 7.93. The van der Waals surface area contributed by atoms with E-state index in [0.29, 0.717) is 24.3 Å². The number of sulfonamides is 1. The molecule has 1 heterocycles. The minimum Gasteiger partial charge on any atom is -0.316 e. The average Bonchev–Trinajstić information content (AvgIpc) is 2.85. The fourth-order valence-corrected chi connectivity index (χ4v) is 2.96. The minimum atomic E-state index is -3.97. The molecular formula is C13H17FN4O2S. The molecule has 0 radical (unpaired) electrons. The van der Waals surface area contributed by atoms with E-state index in [1.165, 1.54) is 18.3 Å². The Morgan fingerprint density at radius 2 is 2.14 bits per heavy atom. The maximum absolute atomic E-state index is 14.0. The number of benzene rings is 1. The Balaban J connectivity index is 2.26. The Kier molecular flexibility index (Phi) is 4.59. The number of anilines is 1. The molecule has 0 unspecified atom stereocenters. The predicted molar refractivity (Wildman–Crippen MR) is 77.9 cm³/mol. The third-order valence-corrected chi connectivity index (χ3v) is 4.29. The summed E-state index contributed by atoms with van der Waals surface area (Å²) in [5, 5.41) is 6.84. The van der Waals surface area contributed by atoms with Gasteiger partial charge < -0.3 is 5.32 Å². The van der Waals surface area contributed by atoms with Crippen molar-refractivity contribution in [1.29, 1.82) is 0 Å². The zero-order chi connectivity index (χ0) is 15.5. The average molecular weight is 312 g/mol. The lowest BCUT2D eigenvalue weighted by Gasteiger charge is -2.08. The molecule has 21 heavy (non-hydrogen) atoms. The van der Waals surface area contributed by atoms with Crippen molar-refractivity contribution in [2.24, 2.45) is 0 Å². The highest BCUT2D eigenvalue weighted by Gasteiger charge is 2.20. The van der Waals surface area contributed by atoms with E-state index in [4.69, 9.17) is 0 Å². The lowest BCUT2D eigenvalue weighted by molar-refractivity contribution is 0.568. The SMILES string of the molecule is CCn1cc(NS(=O)(=O)c2ccc(CNC)cc2F)cn1. The van der Waals surface area contributed by atoms with Crippen LogP contribution in [-0.4, -0.2) is 25.2 Å². The van der Waals surface area contributed by atoms with Gasteiger partial charge >= 0.3 is 0 Å². The van der Waals surface area contributed by atoms with Gasteiger partial charge in [0.1, 0.15) is 10.7 Å². The fraction of sp³-hybridized carbons (Fsp3) is 0.308. The molecule has 2 rings (SSSR count). The van der Waals surface area contributed by atoms with Crippen molar-refractivity contribution < 1.29 is 12.8 Å². The van der Waals surface area contributed by atoms with Gasteiger partial charge in [0.25, 0.3) is 10.0 Å². The monoisotopic (exact) mass is 312 g/mol. The molecule has 6 nitrogen and oxygen atoms in total. The molecular weight excluding hydrogens is 295 g/mol. The van der Waals surface area contributed by atoms with Gasteiger partial charge in [-0.1, -0.05) is 6.07 Å². The number of aryl methyl sites for hydroxylation is 1. The van der Waals surface area contributed by atoms with Gasteiger partial charge in [-0.3, -0.25) is 9.40 Å². The van der Waals surface area contributed by atoms with Crippen molar-refractivity contribution in [2.45, 2.75) is 24.9 Å². The summed E-state index contributed by atoms with van der Waals surface area (Å²) in [5.74, 6) is -0.780. The number of halogens is 1. The summed E-state index contributed by atoms with van der Waals surface area (Å²) < 4.78 is 42.2. The van der Waals surface area contributed by atoms with E-state index in [9.17, 15) is 12.8 Å². The summed E-state index contributed by atoms with van der Waals surface area (Å²) in [6.07, 6.45) is 2.93. The third-order valence-electron chi connectivity index (χ3n) is 2.88. The Hall–Kier alpha value is -1.93. The van der Waals surface area contributed by atoms with Crippen LogP contribution in [0.2, 0.25) is 0 Å². The van der Waals surface area contributed by atoms with Gasteiger partial charge in [0.2, 0.25) is 0 Å². The number of aromatic nitrogens is 2. The summed E-state index contributed by atoms with van der Waals surface area (Å²) in [7, 11) is -2.24. The number of rotatable bonds is 6. The van der Waals surface area contributed by atoms with Crippen molar-refractivity contribution in [3.05, 3.63) is 42.0 Å². The zero-order valence-electron chi connectivity index (χ0n) is 11.8. The first-order valence-electron chi connectivity index (χ1n) is 6.44. The molecule has 0 saturated carbocycles. The van der Waals surface area contributed by atoms with Crippen molar-refractivity contribution >= 4 is 15.7 Å². The highest BCUT2D eigenvalue weighted by molar-refractivity contribution is 7.92. The molecule has 0 saturated heterocycles. The van der Waals surface area contributed by atoms with Crippen LogP contribution in [-0.2, 0) is 23.1 Å². The van der Waals surface area contributed by atoms with Crippen molar-refractivity contribution in [2.75, 3.05) is 11.8 Å². The summed E-state index contributed by atoms with van der Waals surface area (Å²) in [5.41, 5.74) is 0.975. The van der Waals surface area contributed by atoms with E-state index >= 15 is 0 Å². The van der Waals surface area contributed by atoms with Crippen LogP contribution in [0.1, 0.15) is 12.5 Å². The van der Waals surface area contributed by atoms with Crippen LogP contribution in [0.15, 0.2) is 35.5 Å². The standard InChI is InChI=1S/C13H17FN4O2S/c1-3-18-9-11(8-16-18)17-21(19,20)13-5-4-10(7-15-2)6-12(13)14/h4-6,8-9,15,17H,3,7H2,1-2H3. The molecule has 0 spiro atoms. The Bertz CT molecular complexity index is 728. The molecule has 1 aromatic heterocycles. The van der Waals surface area contributed by atoms with Crippen LogP contribution in [0.25, 0.3) is 0 Å². The number of nitrogens with one attached hydrogen (secondary N) is 2. The maximum Gasteiger partial charge on any atom is 0.264 e. The molecule has 2 aromatic rings. The molecule has 114 valence electrons. The van der Waals surface area contributed by atoms with Gasteiger partial charge in [0.05, 0.1) is 11.9 Å². The van der Waals surface area contributed by atoms with Crippen LogP contribution in [0.4, 0.5) is 10.1 Å². The maximum atomic E-state index is 14.0. The topological polar surface area (TPSA) is 76.0 Å². The van der Waals surface area contributed by atoms with Crippen LogP contribution in [0.5, 0.6) is 0 Å². The summed E-state index contributed by atoms with van der Waals surface area (Å²) in [4.78, 5) is -0.383. The molecule has 2 N–H and O–H groups in total. The lowest BCUT2D eigenvalue weighted by atomic mass is 10.2. The predicted octanol–water partition coefficient (Wildman–Crippen LogP) is 1.56. The second-order valence-corrected chi connectivity index (χ2v) is 6.14. The number of hydrogen-bond acceptors (Lipinski definition) is 4. The molecule has 1 aromatic carbocycles. The largest absolute Gasteiger partial charge is 0.316 e. The smallest absolute Gasteiger partial charge is 0.264 e. The van der Waals surface area contributed by atoms with Crippen molar-refractivity contribution in [1.82, 2.24) is 15.1 Å². The lowest BCUT2D eigenvalue weighted by Crippen LogP contribution is -2.15. The van der Waals surface area contributed by atoms with E-state index in [0.717, 1.165) is 0 Å². The molecule has 0 aliphatic heterocycles. The second-order valence-electron chi connectivity index (χ2n) is 4.49. The van der Waals surface area contributed by atoms with Gasteiger partial charge in [-0.05, 0) is 31.7 Å². The van der Waals surface area contributed by atoms with Gasteiger partial charge in [-0.25, -0.2) is 12.8 Å². The number of nitrogens with zero attached hydrogens (tertiary/aromatic N) is 2. The van der Waals surface area contributed by atoms with E-state index < -0.39 is 15.8 Å². The quantitative estimate of drug-likeness (QED) is 0.849. The molecule has 0 amide bonds. The van der Waals surface area contributed by atoms with Gasteiger partial charge in [-0.15, -0.1) is 0 Å². The molecule has 0 fully saturated rings. The Morgan fingerprint density at radius 1 is 1.38 bits per heavy atom. The zero-order valence-corrected chi connectivity index (χ0v) is 12.6. The van der Waals surface area contributed by atoms with E-state index in [2.05, 4.69) is 15.1 Å². The summed E-state index contributed by atoms with van der Waals surface area (Å²) in [6.45, 7) is 2.97. The third kappa shape index (κ3) is 3.59. The van der Waals surface area contributed by atoms with Gasteiger partial charge in [0, 0.05) is 19.3 Å². The minimum absolute atomic E-state index is 0.301. The van der Waals surface area contributed by atoms with Crippen LogP contribution in [0.3, 0.4) is 0 Å². The van der Waals surface area contributed by atoms with E-state index in [-0.39, 0.29) is 4.90 Å². The summed E-state index contributed by atoms with van der Waals surface area (Å²) >= 11 is 0. The molecule has 0 atom stereocenters. The first-order chi connectivity index (χ1) is 9.96. The number of hydrogen-bond donors (Lipinski definition) is 2. The van der Waals surface area contributed by atoms with Crippen LogP contribution in [0, 0.1) is 5.82 Å². The molecule has 0 bridgehead atoms. The normalized spacial score (nSPS) is 11.6. The molecule has 0 aliphatic rings. The summed E-state index contributed by atoms with van der Waals surface area (Å²) in [6, 6.07) is 4.04. The van der Waals surface area contributed by atoms with Crippen molar-refractivity contribution in [3.8, 4) is 0 Å². The first kappa shape index (κ1) is 15.5. The second kappa shape index (κ2) is 6.23. The van der Waals surface area contributed by atoms with Crippen LogP contribution >= 0.6 is 0 Å². The van der Waals surface area contributed by atoms with Gasteiger partial charge in [-0.2, -0.15) is 5.10 Å². The molecule has 0 aliphatic carbocycles. The van der Waals surface area contributed by atoms with Crippen molar-refractivity contribution in [3.63, 3.8) is 0 Å². The Morgan fingerprint density at radius 3 is 2.71 bits per heavy atom. The van der Waals surface area contributed by atoms with E-state index in [1.807, 2.05) is 6.92 Å². The van der Waals surface area contributed by atoms with Crippen LogP contribution < -0.4 is 10.0 Å². The molecule has 8 heteroatoms. The van der Waals surface area contributed by atoms with Gasteiger partial charge in [0.15, 0.2) is 0 Å². The highest BCUT2D eigenvalue weighted by atomic mass is 32.2. The van der Waals surface area contributed by atoms with E-state index in [1.54, 1.807) is 24.0 Å². The Labute approximate surface area is 123 Å². The fourth-order valence-electron chi connectivity index (χ4n) is 1.88. The highest BCUT2D eigenvalue weighted by Crippen LogP contribution is 2.19.